The molecule has 2 aromatic rings. The molecule has 5 nitrogen and oxygen atoms in total. The van der Waals surface area contributed by atoms with E-state index < -0.39 is 0 Å². The first-order chi connectivity index (χ1) is 10.1. The Morgan fingerprint density at radius 2 is 2.24 bits per heavy atom. The number of thioether (sulfide) groups is 1. The van der Waals surface area contributed by atoms with Crippen molar-refractivity contribution in [3.05, 3.63) is 39.3 Å². The molecule has 1 aliphatic carbocycles. The molecule has 0 saturated heterocycles. The summed E-state index contributed by atoms with van der Waals surface area (Å²) >= 11 is 1.58. The van der Waals surface area contributed by atoms with E-state index in [0.717, 1.165) is 47.1 Å². The van der Waals surface area contributed by atoms with Crippen molar-refractivity contribution in [3.8, 4) is 0 Å². The highest BCUT2D eigenvalue weighted by Crippen LogP contribution is 2.26. The highest BCUT2D eigenvalue weighted by atomic mass is 32.2. The first-order valence-corrected chi connectivity index (χ1v) is 8.29. The predicted octanol–water partition coefficient (Wildman–Crippen LogP) is 2.41. The molecular weight excluding hydrogens is 284 g/mol. The van der Waals surface area contributed by atoms with E-state index in [2.05, 4.69) is 28.8 Å². The Kier molecular flexibility index (Phi) is 3.89. The van der Waals surface area contributed by atoms with Gasteiger partial charge in [0.15, 0.2) is 5.16 Å². The molecule has 0 fully saturated rings. The van der Waals surface area contributed by atoms with Gasteiger partial charge in [-0.1, -0.05) is 25.6 Å². The third kappa shape index (κ3) is 2.77. The van der Waals surface area contributed by atoms with Crippen molar-refractivity contribution >= 4 is 11.8 Å². The fourth-order valence-electron chi connectivity index (χ4n) is 2.76. The van der Waals surface area contributed by atoms with Gasteiger partial charge in [0.05, 0.1) is 23.4 Å². The molecule has 3 rings (SSSR count). The normalized spacial score (nSPS) is 13.9. The van der Waals surface area contributed by atoms with Crippen molar-refractivity contribution in [2.45, 2.75) is 49.9 Å². The SMILES string of the molecule is CC(C)c1ncn(C)c1CSc1nc2c(c(=O)[nH]1)CCC2. The van der Waals surface area contributed by atoms with Crippen molar-refractivity contribution in [1.82, 2.24) is 19.5 Å². The molecule has 21 heavy (non-hydrogen) atoms. The molecule has 6 heteroatoms. The number of hydrogen-bond donors (Lipinski definition) is 1. The van der Waals surface area contributed by atoms with Crippen molar-refractivity contribution in [2.24, 2.45) is 7.05 Å². The lowest BCUT2D eigenvalue weighted by Crippen LogP contribution is -2.15. The second-order valence-corrected chi connectivity index (χ2v) is 6.74. The van der Waals surface area contributed by atoms with Crippen molar-refractivity contribution in [2.75, 3.05) is 0 Å². The largest absolute Gasteiger partial charge is 0.337 e. The van der Waals surface area contributed by atoms with Gasteiger partial charge in [-0.25, -0.2) is 9.97 Å². The first kappa shape index (κ1) is 14.4. The lowest BCUT2D eigenvalue weighted by atomic mass is 10.1. The lowest BCUT2D eigenvalue weighted by Gasteiger charge is -2.08. The summed E-state index contributed by atoms with van der Waals surface area (Å²) in [6.07, 6.45) is 4.68. The summed E-state index contributed by atoms with van der Waals surface area (Å²) in [5.41, 5.74) is 4.21. The minimum absolute atomic E-state index is 0.0362. The van der Waals surface area contributed by atoms with E-state index >= 15 is 0 Å². The molecule has 2 heterocycles. The molecule has 0 aromatic carbocycles. The van der Waals surface area contributed by atoms with Crippen LogP contribution in [0, 0.1) is 0 Å². The first-order valence-electron chi connectivity index (χ1n) is 7.31. The smallest absolute Gasteiger partial charge is 0.254 e. The van der Waals surface area contributed by atoms with Crippen LogP contribution >= 0.6 is 11.8 Å². The average molecular weight is 304 g/mol. The lowest BCUT2D eigenvalue weighted by molar-refractivity contribution is 0.801. The topological polar surface area (TPSA) is 63.6 Å². The summed E-state index contributed by atoms with van der Waals surface area (Å²) in [4.78, 5) is 24.0. The summed E-state index contributed by atoms with van der Waals surface area (Å²) in [7, 11) is 2.01. The van der Waals surface area contributed by atoms with Gasteiger partial charge in [0.1, 0.15) is 0 Å². The zero-order valence-electron chi connectivity index (χ0n) is 12.6. The zero-order valence-corrected chi connectivity index (χ0v) is 13.5. The van der Waals surface area contributed by atoms with E-state index in [1.807, 2.05) is 17.9 Å². The zero-order chi connectivity index (χ0) is 15.0. The number of aryl methyl sites for hydroxylation is 2. The molecule has 0 aliphatic heterocycles. The van der Waals surface area contributed by atoms with E-state index in [1.165, 1.54) is 5.69 Å². The number of fused-ring (bicyclic) bond motifs is 1. The molecule has 0 radical (unpaired) electrons. The maximum absolute atomic E-state index is 12.0. The molecule has 1 aliphatic rings. The molecule has 2 aromatic heterocycles. The molecular formula is C15H20N4OS. The van der Waals surface area contributed by atoms with Gasteiger partial charge in [0.25, 0.3) is 5.56 Å². The Morgan fingerprint density at radius 3 is 3.00 bits per heavy atom. The second kappa shape index (κ2) is 5.67. The Balaban J connectivity index is 1.81. The van der Waals surface area contributed by atoms with Gasteiger partial charge < -0.3 is 9.55 Å². The van der Waals surface area contributed by atoms with Crippen molar-refractivity contribution in [3.63, 3.8) is 0 Å². The minimum Gasteiger partial charge on any atom is -0.337 e. The van der Waals surface area contributed by atoms with Crippen LogP contribution in [-0.4, -0.2) is 19.5 Å². The van der Waals surface area contributed by atoms with Crippen LogP contribution in [0.3, 0.4) is 0 Å². The number of hydrogen-bond acceptors (Lipinski definition) is 4. The van der Waals surface area contributed by atoms with Crippen LogP contribution in [0.2, 0.25) is 0 Å². The summed E-state index contributed by atoms with van der Waals surface area (Å²) in [5, 5.41) is 0.719. The Labute approximate surface area is 128 Å². The summed E-state index contributed by atoms with van der Waals surface area (Å²) < 4.78 is 2.05. The molecule has 0 spiro atoms. The van der Waals surface area contributed by atoms with Crippen LogP contribution in [-0.2, 0) is 25.6 Å². The van der Waals surface area contributed by atoms with Gasteiger partial charge in [-0.15, -0.1) is 0 Å². The van der Waals surface area contributed by atoms with Crippen LogP contribution < -0.4 is 5.56 Å². The number of imidazole rings is 1. The van der Waals surface area contributed by atoms with E-state index in [1.54, 1.807) is 11.8 Å². The molecule has 1 N–H and O–H groups in total. The highest BCUT2D eigenvalue weighted by Gasteiger charge is 2.18. The maximum Gasteiger partial charge on any atom is 0.254 e. The Hall–Kier alpha value is -1.56. The van der Waals surface area contributed by atoms with E-state index in [0.29, 0.717) is 5.92 Å². The third-order valence-electron chi connectivity index (χ3n) is 3.90. The van der Waals surface area contributed by atoms with Crippen molar-refractivity contribution < 1.29 is 0 Å². The Bertz CT molecular complexity index is 717. The number of rotatable bonds is 4. The number of aromatic nitrogens is 4. The van der Waals surface area contributed by atoms with Crippen LogP contribution in [0.1, 0.15) is 48.8 Å². The van der Waals surface area contributed by atoms with Gasteiger partial charge in [-0.3, -0.25) is 4.79 Å². The summed E-state index contributed by atoms with van der Waals surface area (Å²) in [6, 6.07) is 0. The summed E-state index contributed by atoms with van der Waals surface area (Å²) in [5.74, 6) is 1.17. The van der Waals surface area contributed by atoms with Gasteiger partial charge in [-0.05, 0) is 25.2 Å². The molecule has 0 bridgehead atoms. The van der Waals surface area contributed by atoms with Gasteiger partial charge in [0, 0.05) is 18.4 Å². The monoisotopic (exact) mass is 304 g/mol. The summed E-state index contributed by atoms with van der Waals surface area (Å²) in [6.45, 7) is 4.29. The van der Waals surface area contributed by atoms with Gasteiger partial charge in [-0.2, -0.15) is 0 Å². The quantitative estimate of drug-likeness (QED) is 0.696. The second-order valence-electron chi connectivity index (χ2n) is 5.78. The van der Waals surface area contributed by atoms with Crippen LogP contribution in [0.15, 0.2) is 16.3 Å². The predicted molar refractivity (Wildman–Crippen MR) is 83.7 cm³/mol. The minimum atomic E-state index is 0.0362. The number of nitrogens with zero attached hydrogens (tertiary/aromatic N) is 3. The van der Waals surface area contributed by atoms with Crippen LogP contribution in [0.25, 0.3) is 0 Å². The van der Waals surface area contributed by atoms with E-state index in [-0.39, 0.29) is 5.56 Å². The molecule has 112 valence electrons. The highest BCUT2D eigenvalue weighted by molar-refractivity contribution is 7.98. The average Bonchev–Trinajstić information content (AvgIpc) is 3.03. The molecule has 0 saturated carbocycles. The number of H-pyrrole nitrogens is 1. The molecule has 0 amide bonds. The third-order valence-corrected chi connectivity index (χ3v) is 4.79. The number of nitrogens with one attached hydrogen (secondary N) is 1. The van der Waals surface area contributed by atoms with E-state index in [9.17, 15) is 4.79 Å². The van der Waals surface area contributed by atoms with Gasteiger partial charge in [0.2, 0.25) is 0 Å². The van der Waals surface area contributed by atoms with Gasteiger partial charge >= 0.3 is 0 Å². The standard InChI is InChI=1S/C15H20N4OS/c1-9(2)13-12(19(3)8-16-13)7-21-15-17-11-6-4-5-10(11)14(20)18-15/h8-9H,4-7H2,1-3H3,(H,17,18,20). The van der Waals surface area contributed by atoms with E-state index in [4.69, 9.17) is 0 Å². The Morgan fingerprint density at radius 1 is 1.43 bits per heavy atom. The fraction of sp³-hybridized carbons (Fsp3) is 0.533. The van der Waals surface area contributed by atoms with Crippen LogP contribution in [0.4, 0.5) is 0 Å². The van der Waals surface area contributed by atoms with Crippen LogP contribution in [0.5, 0.6) is 0 Å². The number of aromatic amines is 1. The maximum atomic E-state index is 12.0. The molecule has 0 unspecified atom stereocenters. The van der Waals surface area contributed by atoms with Crippen molar-refractivity contribution in [1.29, 1.82) is 0 Å². The molecule has 0 atom stereocenters. The fourth-order valence-corrected chi connectivity index (χ4v) is 3.72.